The Morgan fingerprint density at radius 1 is 1.35 bits per heavy atom. The number of aryl methyl sites for hydroxylation is 1. The van der Waals surface area contributed by atoms with Gasteiger partial charge in [-0.1, -0.05) is 12.1 Å². The summed E-state index contributed by atoms with van der Waals surface area (Å²) in [7, 11) is 0. The highest BCUT2D eigenvalue weighted by Crippen LogP contribution is 2.18. The Hall–Kier alpha value is -1.46. The topological polar surface area (TPSA) is 64.4 Å². The third-order valence-corrected chi connectivity index (χ3v) is 3.00. The number of benzene rings is 1. The molecule has 0 fully saturated rings. The molecule has 1 rings (SSSR count). The first-order valence-electron chi connectivity index (χ1n) is 7.07. The number of nitro groups is 1. The van der Waals surface area contributed by atoms with E-state index < -0.39 is 0 Å². The van der Waals surface area contributed by atoms with Crippen molar-refractivity contribution in [2.45, 2.75) is 46.3 Å². The van der Waals surface area contributed by atoms with E-state index in [9.17, 15) is 10.1 Å². The fourth-order valence-corrected chi connectivity index (χ4v) is 1.87. The van der Waals surface area contributed by atoms with E-state index in [1.165, 1.54) is 0 Å². The van der Waals surface area contributed by atoms with Crippen molar-refractivity contribution in [2.75, 3.05) is 13.2 Å². The molecule has 0 aliphatic carbocycles. The molecule has 0 saturated heterocycles. The van der Waals surface area contributed by atoms with Gasteiger partial charge in [0, 0.05) is 24.8 Å². The number of rotatable bonds is 9. The van der Waals surface area contributed by atoms with Crippen molar-refractivity contribution in [3.8, 4) is 0 Å². The zero-order valence-electron chi connectivity index (χ0n) is 12.5. The monoisotopic (exact) mass is 280 g/mol. The Bertz CT molecular complexity index is 433. The van der Waals surface area contributed by atoms with Crippen LogP contribution in [0.1, 0.15) is 37.8 Å². The lowest BCUT2D eigenvalue weighted by Crippen LogP contribution is -2.15. The van der Waals surface area contributed by atoms with Gasteiger partial charge in [-0.3, -0.25) is 10.1 Å². The van der Waals surface area contributed by atoms with E-state index in [4.69, 9.17) is 4.74 Å². The summed E-state index contributed by atoms with van der Waals surface area (Å²) in [6, 6.07) is 5.37. The molecule has 0 unspecified atom stereocenters. The lowest BCUT2D eigenvalue weighted by molar-refractivity contribution is -0.385. The van der Waals surface area contributed by atoms with Gasteiger partial charge in [-0.05, 0) is 45.7 Å². The molecule has 20 heavy (non-hydrogen) atoms. The average Bonchev–Trinajstić information content (AvgIpc) is 2.38. The number of nitrogens with zero attached hydrogens (tertiary/aromatic N) is 1. The maximum Gasteiger partial charge on any atom is 0.272 e. The third kappa shape index (κ3) is 6.12. The molecule has 0 spiro atoms. The summed E-state index contributed by atoms with van der Waals surface area (Å²) in [5, 5.41) is 14.1. The van der Waals surface area contributed by atoms with E-state index in [2.05, 4.69) is 5.32 Å². The quantitative estimate of drug-likeness (QED) is 0.428. The summed E-state index contributed by atoms with van der Waals surface area (Å²) in [5.41, 5.74) is 1.83. The van der Waals surface area contributed by atoms with E-state index >= 15 is 0 Å². The van der Waals surface area contributed by atoms with Crippen LogP contribution >= 0.6 is 0 Å². The van der Waals surface area contributed by atoms with Gasteiger partial charge in [-0.2, -0.15) is 0 Å². The molecule has 0 radical (unpaired) electrons. The van der Waals surface area contributed by atoms with Crippen molar-refractivity contribution in [2.24, 2.45) is 0 Å². The van der Waals surface area contributed by atoms with Crippen molar-refractivity contribution in [1.82, 2.24) is 5.32 Å². The molecule has 112 valence electrons. The molecule has 1 aromatic carbocycles. The predicted molar refractivity (Wildman–Crippen MR) is 79.9 cm³/mol. The maximum atomic E-state index is 10.8. The highest BCUT2D eigenvalue weighted by molar-refractivity contribution is 5.42. The minimum absolute atomic E-state index is 0.189. The van der Waals surface area contributed by atoms with Gasteiger partial charge >= 0.3 is 0 Å². The molecular formula is C15H24N2O3. The normalized spacial score (nSPS) is 11.0. The number of nitro benzene ring substituents is 1. The Kier molecular flexibility index (Phi) is 7.18. The summed E-state index contributed by atoms with van der Waals surface area (Å²) in [6.07, 6.45) is 2.36. The van der Waals surface area contributed by atoms with Crippen LogP contribution in [-0.4, -0.2) is 24.2 Å². The SMILES string of the molecule is Cc1ccc(CNCCCCOC(C)C)cc1[N+](=O)[O-]. The third-order valence-electron chi connectivity index (χ3n) is 3.00. The van der Waals surface area contributed by atoms with Crippen LogP contribution in [0.15, 0.2) is 18.2 Å². The molecule has 0 atom stereocenters. The van der Waals surface area contributed by atoms with Gasteiger partial charge in [0.1, 0.15) is 0 Å². The molecule has 5 nitrogen and oxygen atoms in total. The standard InChI is InChI=1S/C15H24N2O3/c1-12(2)20-9-5-4-8-16-11-14-7-6-13(3)15(10-14)17(18)19/h6-7,10,12,16H,4-5,8-9,11H2,1-3H3. The summed E-state index contributed by atoms with van der Waals surface area (Å²) in [5.74, 6) is 0. The van der Waals surface area contributed by atoms with Crippen molar-refractivity contribution in [3.05, 3.63) is 39.4 Å². The van der Waals surface area contributed by atoms with Crippen molar-refractivity contribution in [3.63, 3.8) is 0 Å². The van der Waals surface area contributed by atoms with Gasteiger partial charge in [0.15, 0.2) is 0 Å². The number of ether oxygens (including phenoxy) is 1. The predicted octanol–water partition coefficient (Wildman–Crippen LogP) is 3.20. The van der Waals surface area contributed by atoms with Crippen molar-refractivity contribution in [1.29, 1.82) is 0 Å². The molecule has 0 aromatic heterocycles. The summed E-state index contributed by atoms with van der Waals surface area (Å²) >= 11 is 0. The van der Waals surface area contributed by atoms with Crippen LogP contribution in [0.2, 0.25) is 0 Å². The van der Waals surface area contributed by atoms with Gasteiger partial charge in [0.25, 0.3) is 5.69 Å². The summed E-state index contributed by atoms with van der Waals surface area (Å²) < 4.78 is 5.46. The van der Waals surface area contributed by atoms with Crippen LogP contribution in [0.3, 0.4) is 0 Å². The fraction of sp³-hybridized carbons (Fsp3) is 0.600. The first-order chi connectivity index (χ1) is 9.50. The molecule has 0 saturated carbocycles. The van der Waals surface area contributed by atoms with Crippen LogP contribution in [0.25, 0.3) is 0 Å². The lowest BCUT2D eigenvalue weighted by atomic mass is 10.1. The number of nitrogens with one attached hydrogen (secondary N) is 1. The largest absolute Gasteiger partial charge is 0.379 e. The van der Waals surface area contributed by atoms with Crippen molar-refractivity contribution < 1.29 is 9.66 Å². The number of hydrogen-bond acceptors (Lipinski definition) is 4. The van der Waals surface area contributed by atoms with Crippen LogP contribution in [0, 0.1) is 17.0 Å². The van der Waals surface area contributed by atoms with E-state index in [1.807, 2.05) is 19.9 Å². The number of hydrogen-bond donors (Lipinski definition) is 1. The molecule has 0 heterocycles. The molecule has 0 amide bonds. The van der Waals surface area contributed by atoms with E-state index in [-0.39, 0.29) is 16.7 Å². The highest BCUT2D eigenvalue weighted by atomic mass is 16.6. The Morgan fingerprint density at radius 2 is 2.10 bits per heavy atom. The smallest absolute Gasteiger partial charge is 0.272 e. The average molecular weight is 280 g/mol. The van der Waals surface area contributed by atoms with Crippen LogP contribution < -0.4 is 5.32 Å². The molecule has 1 N–H and O–H groups in total. The highest BCUT2D eigenvalue weighted by Gasteiger charge is 2.10. The second-order valence-electron chi connectivity index (χ2n) is 5.18. The van der Waals surface area contributed by atoms with Crippen LogP contribution in [0.5, 0.6) is 0 Å². The molecule has 0 bridgehead atoms. The molecule has 5 heteroatoms. The molecule has 1 aromatic rings. The van der Waals surface area contributed by atoms with Gasteiger partial charge in [-0.25, -0.2) is 0 Å². The van der Waals surface area contributed by atoms with E-state index in [0.717, 1.165) is 31.6 Å². The lowest BCUT2D eigenvalue weighted by Gasteiger charge is -2.08. The molecule has 0 aliphatic heterocycles. The van der Waals surface area contributed by atoms with Gasteiger partial charge in [0.2, 0.25) is 0 Å². The Labute approximate surface area is 120 Å². The van der Waals surface area contributed by atoms with Crippen LogP contribution in [0.4, 0.5) is 5.69 Å². The second kappa shape index (κ2) is 8.66. The van der Waals surface area contributed by atoms with Gasteiger partial charge in [0.05, 0.1) is 11.0 Å². The van der Waals surface area contributed by atoms with E-state index in [1.54, 1.807) is 19.1 Å². The summed E-state index contributed by atoms with van der Waals surface area (Å²) in [4.78, 5) is 10.5. The fourth-order valence-electron chi connectivity index (χ4n) is 1.87. The second-order valence-corrected chi connectivity index (χ2v) is 5.18. The Morgan fingerprint density at radius 3 is 2.75 bits per heavy atom. The Balaban J connectivity index is 2.25. The number of unbranched alkanes of at least 4 members (excludes halogenated alkanes) is 1. The zero-order valence-corrected chi connectivity index (χ0v) is 12.5. The summed E-state index contributed by atoms with van der Waals surface area (Å²) in [6.45, 7) is 8.15. The minimum Gasteiger partial charge on any atom is -0.379 e. The van der Waals surface area contributed by atoms with E-state index in [0.29, 0.717) is 12.1 Å². The van der Waals surface area contributed by atoms with Gasteiger partial charge in [-0.15, -0.1) is 0 Å². The molecular weight excluding hydrogens is 256 g/mol. The van der Waals surface area contributed by atoms with Gasteiger partial charge < -0.3 is 10.1 Å². The first kappa shape index (κ1) is 16.6. The van der Waals surface area contributed by atoms with Crippen LogP contribution in [-0.2, 0) is 11.3 Å². The first-order valence-corrected chi connectivity index (χ1v) is 7.07. The zero-order chi connectivity index (χ0) is 15.0. The molecule has 0 aliphatic rings. The maximum absolute atomic E-state index is 10.8. The van der Waals surface area contributed by atoms with Crippen molar-refractivity contribution >= 4 is 5.69 Å². The minimum atomic E-state index is -0.331.